The van der Waals surface area contributed by atoms with Gasteiger partial charge in [0.15, 0.2) is 0 Å². The van der Waals surface area contributed by atoms with E-state index in [1.54, 1.807) is 11.8 Å². The van der Waals surface area contributed by atoms with Gasteiger partial charge in [-0.05, 0) is 18.4 Å². The molecule has 0 atom stereocenters. The number of hydrogen-bond acceptors (Lipinski definition) is 4. The quantitative estimate of drug-likeness (QED) is 0.642. The summed E-state index contributed by atoms with van der Waals surface area (Å²) in [5, 5.41) is 4.86. The minimum Gasteiger partial charge on any atom is -0.329 e. The molecule has 0 aliphatic heterocycles. The zero-order chi connectivity index (χ0) is 11.1. The lowest BCUT2D eigenvalue weighted by Gasteiger charge is -2.03. The van der Waals surface area contributed by atoms with E-state index in [9.17, 15) is 4.79 Å². The highest BCUT2D eigenvalue weighted by Crippen LogP contribution is 2.26. The first-order chi connectivity index (χ1) is 7.81. The molecule has 0 amide bonds. The van der Waals surface area contributed by atoms with Gasteiger partial charge < -0.3 is 4.98 Å². The Hall–Kier alpha value is -1.82. The lowest BCUT2D eigenvalue weighted by atomic mass is 10.2. The smallest absolute Gasteiger partial charge is 0.329 e. The molecule has 0 aliphatic carbocycles. The lowest BCUT2D eigenvalue weighted by molar-refractivity contribution is 0.880. The Bertz CT molecular complexity index is 730. The van der Waals surface area contributed by atoms with Crippen LogP contribution < -0.4 is 5.69 Å². The average Bonchev–Trinajstić information content (AvgIpc) is 2.77. The topological polar surface area (TPSA) is 63.1 Å². The number of aromatic nitrogens is 4. The van der Waals surface area contributed by atoms with E-state index in [2.05, 4.69) is 15.1 Å². The Morgan fingerprint density at radius 3 is 3.12 bits per heavy atom. The summed E-state index contributed by atoms with van der Waals surface area (Å²) in [6, 6.07) is 5.73. The lowest BCUT2D eigenvalue weighted by Crippen LogP contribution is -2.17. The van der Waals surface area contributed by atoms with Crippen LogP contribution in [0.25, 0.3) is 16.6 Å². The predicted molar refractivity (Wildman–Crippen MR) is 62.9 cm³/mol. The fourth-order valence-electron chi connectivity index (χ4n) is 1.76. The molecule has 2 aromatic heterocycles. The molecular formula is C10H8N4OS. The second kappa shape index (κ2) is 3.34. The molecule has 6 heteroatoms. The van der Waals surface area contributed by atoms with E-state index < -0.39 is 0 Å². The van der Waals surface area contributed by atoms with Crippen LogP contribution in [0.5, 0.6) is 0 Å². The van der Waals surface area contributed by atoms with Crippen molar-refractivity contribution in [2.45, 2.75) is 4.90 Å². The molecule has 0 unspecified atom stereocenters. The SMILES string of the molecule is CSc1cccc2nc(=O)n3nc[nH]c3c12. The molecule has 0 radical (unpaired) electrons. The third kappa shape index (κ3) is 1.16. The molecule has 0 saturated carbocycles. The van der Waals surface area contributed by atoms with Crippen molar-refractivity contribution < 1.29 is 0 Å². The van der Waals surface area contributed by atoms with E-state index in [4.69, 9.17) is 0 Å². The summed E-state index contributed by atoms with van der Waals surface area (Å²) in [5.41, 5.74) is 1.03. The van der Waals surface area contributed by atoms with Gasteiger partial charge in [0.2, 0.25) is 0 Å². The van der Waals surface area contributed by atoms with Crippen LogP contribution in [0.15, 0.2) is 34.2 Å². The van der Waals surface area contributed by atoms with E-state index in [0.717, 1.165) is 10.3 Å². The Kier molecular flexibility index (Phi) is 1.97. The summed E-state index contributed by atoms with van der Waals surface area (Å²) in [4.78, 5) is 19.7. The average molecular weight is 232 g/mol. The van der Waals surface area contributed by atoms with Gasteiger partial charge in [0, 0.05) is 4.90 Å². The normalized spacial score (nSPS) is 11.3. The number of fused-ring (bicyclic) bond motifs is 3. The molecular weight excluding hydrogens is 224 g/mol. The van der Waals surface area contributed by atoms with Gasteiger partial charge >= 0.3 is 5.69 Å². The Morgan fingerprint density at radius 2 is 2.31 bits per heavy atom. The van der Waals surface area contributed by atoms with Crippen LogP contribution in [-0.4, -0.2) is 25.8 Å². The molecule has 80 valence electrons. The minimum atomic E-state index is -0.359. The minimum absolute atomic E-state index is 0.359. The summed E-state index contributed by atoms with van der Waals surface area (Å²) < 4.78 is 1.28. The van der Waals surface area contributed by atoms with Crippen molar-refractivity contribution in [3.63, 3.8) is 0 Å². The zero-order valence-electron chi connectivity index (χ0n) is 8.47. The molecule has 0 saturated heterocycles. The van der Waals surface area contributed by atoms with Crippen LogP contribution >= 0.6 is 11.8 Å². The summed E-state index contributed by atoms with van der Waals surface area (Å²) >= 11 is 1.62. The zero-order valence-corrected chi connectivity index (χ0v) is 9.28. The van der Waals surface area contributed by atoms with Crippen molar-refractivity contribution in [2.24, 2.45) is 0 Å². The monoisotopic (exact) mass is 232 g/mol. The number of thioether (sulfide) groups is 1. The van der Waals surface area contributed by atoms with Crippen molar-refractivity contribution in [2.75, 3.05) is 6.26 Å². The molecule has 16 heavy (non-hydrogen) atoms. The van der Waals surface area contributed by atoms with Gasteiger partial charge in [0.05, 0.1) is 10.9 Å². The van der Waals surface area contributed by atoms with Crippen molar-refractivity contribution in [1.82, 2.24) is 19.6 Å². The predicted octanol–water partition coefficient (Wildman–Crippen LogP) is 1.29. The Balaban J connectivity index is 2.66. The van der Waals surface area contributed by atoms with Crippen LogP contribution in [0, 0.1) is 0 Å². The second-order valence-electron chi connectivity index (χ2n) is 3.30. The van der Waals surface area contributed by atoms with Gasteiger partial charge in [0.1, 0.15) is 12.0 Å². The summed E-state index contributed by atoms with van der Waals surface area (Å²) in [6.07, 6.45) is 3.49. The molecule has 1 N–H and O–H groups in total. The number of H-pyrrole nitrogens is 1. The number of benzene rings is 1. The van der Waals surface area contributed by atoms with E-state index in [1.165, 1.54) is 10.8 Å². The second-order valence-corrected chi connectivity index (χ2v) is 4.15. The van der Waals surface area contributed by atoms with Crippen molar-refractivity contribution in [3.8, 4) is 0 Å². The van der Waals surface area contributed by atoms with Crippen LogP contribution in [0.4, 0.5) is 0 Å². The molecule has 1 aromatic carbocycles. The Morgan fingerprint density at radius 1 is 1.44 bits per heavy atom. The maximum absolute atomic E-state index is 11.6. The van der Waals surface area contributed by atoms with E-state index >= 15 is 0 Å². The molecule has 2 heterocycles. The third-order valence-electron chi connectivity index (χ3n) is 2.44. The summed E-state index contributed by atoms with van der Waals surface area (Å²) in [6.45, 7) is 0. The standard InChI is InChI=1S/C10H8N4OS/c1-16-7-4-2-3-6-8(7)9-11-5-12-14(9)10(15)13-6/h2-5H,1H3,(H,11,12). The molecule has 0 spiro atoms. The molecule has 5 nitrogen and oxygen atoms in total. The first kappa shape index (κ1) is 9.41. The van der Waals surface area contributed by atoms with Crippen LogP contribution in [0.3, 0.4) is 0 Å². The van der Waals surface area contributed by atoms with Crippen LogP contribution in [-0.2, 0) is 0 Å². The molecule has 0 aliphatic rings. The van der Waals surface area contributed by atoms with E-state index in [-0.39, 0.29) is 5.69 Å². The fourth-order valence-corrected chi connectivity index (χ4v) is 2.38. The summed E-state index contributed by atoms with van der Waals surface area (Å²) in [7, 11) is 0. The van der Waals surface area contributed by atoms with Gasteiger partial charge in [-0.1, -0.05) is 6.07 Å². The molecule has 0 bridgehead atoms. The first-order valence-corrected chi connectivity index (χ1v) is 5.93. The van der Waals surface area contributed by atoms with Crippen molar-refractivity contribution in [3.05, 3.63) is 35.0 Å². The van der Waals surface area contributed by atoms with Gasteiger partial charge in [-0.15, -0.1) is 11.8 Å². The van der Waals surface area contributed by atoms with Crippen LogP contribution in [0.1, 0.15) is 0 Å². The van der Waals surface area contributed by atoms with Gasteiger partial charge in [-0.3, -0.25) is 0 Å². The molecule has 0 fully saturated rings. The third-order valence-corrected chi connectivity index (χ3v) is 3.22. The number of aromatic amines is 1. The van der Waals surface area contributed by atoms with Crippen LogP contribution in [0.2, 0.25) is 0 Å². The highest BCUT2D eigenvalue weighted by atomic mass is 32.2. The fraction of sp³-hybridized carbons (Fsp3) is 0.100. The van der Waals surface area contributed by atoms with Gasteiger partial charge in [0.25, 0.3) is 0 Å². The van der Waals surface area contributed by atoms with Gasteiger partial charge in [-0.25, -0.2) is 4.79 Å². The Labute approximate surface area is 94.5 Å². The van der Waals surface area contributed by atoms with E-state index in [1.807, 2.05) is 24.5 Å². The highest BCUT2D eigenvalue weighted by Gasteiger charge is 2.09. The first-order valence-electron chi connectivity index (χ1n) is 4.70. The van der Waals surface area contributed by atoms with Gasteiger partial charge in [-0.2, -0.15) is 14.6 Å². The van der Waals surface area contributed by atoms with Crippen molar-refractivity contribution >= 4 is 28.3 Å². The van der Waals surface area contributed by atoms with E-state index in [0.29, 0.717) is 11.2 Å². The molecule has 3 rings (SSSR count). The number of rotatable bonds is 1. The number of hydrogen-bond donors (Lipinski definition) is 1. The largest absolute Gasteiger partial charge is 0.370 e. The summed E-state index contributed by atoms with van der Waals surface area (Å²) in [5.74, 6) is 0. The highest BCUT2D eigenvalue weighted by molar-refractivity contribution is 7.98. The number of nitrogens with one attached hydrogen (secondary N) is 1. The van der Waals surface area contributed by atoms with Crippen molar-refractivity contribution in [1.29, 1.82) is 0 Å². The number of nitrogens with zero attached hydrogens (tertiary/aromatic N) is 3. The maximum Gasteiger partial charge on any atom is 0.370 e. The molecule has 3 aromatic rings. The maximum atomic E-state index is 11.6.